The van der Waals surface area contributed by atoms with Crippen LogP contribution in [0.15, 0.2) is 18.7 Å². The molecular weight excluding hydrogens is 107 g/mol. The van der Waals surface area contributed by atoms with Crippen molar-refractivity contribution in [1.29, 1.82) is 0 Å². The van der Waals surface area contributed by atoms with Crippen molar-refractivity contribution in [2.45, 2.75) is 0 Å². The molecule has 0 bridgehead atoms. The lowest BCUT2D eigenvalue weighted by atomic mass is 10.9. The van der Waals surface area contributed by atoms with Crippen molar-refractivity contribution in [3.8, 4) is 0 Å². The summed E-state index contributed by atoms with van der Waals surface area (Å²) in [5.41, 5.74) is 0. The standard InChI is InChI=1S/C5H9N2.FH/c1-6-3-4-7(2)5-6;/h3-5H,1-2H3;1H/q+1;/p-1. The second-order valence-corrected chi connectivity index (χ2v) is 1.74. The normalized spacial score (nSPS) is 8.25. The molecule has 3 heteroatoms. The van der Waals surface area contributed by atoms with E-state index in [0.29, 0.717) is 0 Å². The van der Waals surface area contributed by atoms with Gasteiger partial charge in [-0.2, -0.15) is 0 Å². The van der Waals surface area contributed by atoms with Crippen molar-refractivity contribution in [2.75, 3.05) is 0 Å². The minimum absolute atomic E-state index is 0. The lowest BCUT2D eigenvalue weighted by molar-refractivity contribution is -0.670. The van der Waals surface area contributed by atoms with Crippen LogP contribution >= 0.6 is 0 Å². The number of halogens is 1. The summed E-state index contributed by atoms with van der Waals surface area (Å²) in [4.78, 5) is 0. The second-order valence-electron chi connectivity index (χ2n) is 1.74. The Morgan fingerprint density at radius 2 is 2.12 bits per heavy atom. The molecule has 0 spiro atoms. The zero-order valence-corrected chi connectivity index (χ0v) is 5.00. The maximum atomic E-state index is 2.00. The summed E-state index contributed by atoms with van der Waals surface area (Å²) in [7, 11) is 4.00. The first-order valence-corrected chi connectivity index (χ1v) is 2.26. The molecule has 0 amide bonds. The minimum Gasteiger partial charge on any atom is -1.00 e. The third kappa shape index (κ3) is 1.33. The van der Waals surface area contributed by atoms with Crippen LogP contribution in [0, 0.1) is 0 Å². The van der Waals surface area contributed by atoms with Crippen LogP contribution in [-0.2, 0) is 14.1 Å². The van der Waals surface area contributed by atoms with Crippen molar-refractivity contribution in [2.24, 2.45) is 14.1 Å². The van der Waals surface area contributed by atoms with Gasteiger partial charge in [0.05, 0.1) is 14.1 Å². The molecule has 1 aromatic heterocycles. The average Bonchev–Trinajstić information content (AvgIpc) is 1.87. The van der Waals surface area contributed by atoms with Gasteiger partial charge >= 0.3 is 0 Å². The molecule has 1 rings (SSSR count). The average molecular weight is 116 g/mol. The van der Waals surface area contributed by atoms with Gasteiger partial charge in [-0.1, -0.05) is 0 Å². The molecule has 46 valence electrons. The topological polar surface area (TPSA) is 8.81 Å². The van der Waals surface area contributed by atoms with Gasteiger partial charge in [0.25, 0.3) is 0 Å². The molecule has 0 saturated carbocycles. The van der Waals surface area contributed by atoms with Crippen molar-refractivity contribution in [1.82, 2.24) is 4.57 Å². The van der Waals surface area contributed by atoms with Crippen LogP contribution in [0.2, 0.25) is 0 Å². The Balaban J connectivity index is 0.000000490. The number of hydrogen-bond donors (Lipinski definition) is 0. The molecule has 0 unspecified atom stereocenters. The number of aromatic nitrogens is 2. The predicted octanol–water partition coefficient (Wildman–Crippen LogP) is -3.15. The van der Waals surface area contributed by atoms with Crippen LogP contribution in [0.25, 0.3) is 0 Å². The first-order chi connectivity index (χ1) is 3.29. The fourth-order valence-corrected chi connectivity index (χ4v) is 0.575. The van der Waals surface area contributed by atoms with Crippen LogP contribution in [0.3, 0.4) is 0 Å². The summed E-state index contributed by atoms with van der Waals surface area (Å²) in [6.07, 6.45) is 6.00. The summed E-state index contributed by atoms with van der Waals surface area (Å²) in [5, 5.41) is 0. The second kappa shape index (κ2) is 2.45. The van der Waals surface area contributed by atoms with Gasteiger partial charge in [-0.3, -0.25) is 0 Å². The van der Waals surface area contributed by atoms with E-state index < -0.39 is 0 Å². The maximum absolute atomic E-state index is 2.00. The molecule has 1 aromatic rings. The zero-order chi connectivity index (χ0) is 5.28. The molecule has 0 aliphatic carbocycles. The number of nitrogens with zero attached hydrogens (tertiary/aromatic N) is 2. The number of hydrogen-bond acceptors (Lipinski definition) is 0. The van der Waals surface area contributed by atoms with Gasteiger partial charge in [0.15, 0.2) is 0 Å². The number of rotatable bonds is 0. The Bertz CT molecular complexity index is 143. The third-order valence-electron chi connectivity index (χ3n) is 0.901. The first-order valence-electron chi connectivity index (χ1n) is 2.26. The van der Waals surface area contributed by atoms with Gasteiger partial charge in [0.1, 0.15) is 12.4 Å². The van der Waals surface area contributed by atoms with Gasteiger partial charge in [0.2, 0.25) is 6.33 Å². The van der Waals surface area contributed by atoms with E-state index in [1.165, 1.54) is 0 Å². The molecule has 1 heterocycles. The van der Waals surface area contributed by atoms with E-state index >= 15 is 0 Å². The van der Waals surface area contributed by atoms with Gasteiger partial charge in [-0.25, -0.2) is 9.13 Å². The van der Waals surface area contributed by atoms with E-state index in [1.807, 2.05) is 42.0 Å². The summed E-state index contributed by atoms with van der Waals surface area (Å²) in [6.45, 7) is 0. The largest absolute Gasteiger partial charge is 1.00 e. The van der Waals surface area contributed by atoms with Crippen LogP contribution in [0.1, 0.15) is 0 Å². The van der Waals surface area contributed by atoms with Gasteiger partial charge in [0, 0.05) is 0 Å². The molecule has 0 saturated heterocycles. The van der Waals surface area contributed by atoms with Crippen molar-refractivity contribution in [3.05, 3.63) is 18.7 Å². The lowest BCUT2D eigenvalue weighted by Crippen LogP contribution is -3.00. The van der Waals surface area contributed by atoms with Crippen LogP contribution in [0.4, 0.5) is 0 Å². The molecule has 8 heavy (non-hydrogen) atoms. The molecule has 0 fully saturated rings. The molecule has 0 N–H and O–H groups in total. The SMILES string of the molecule is Cn1cc[n+](C)c1.[F-]. The highest BCUT2D eigenvalue weighted by Gasteiger charge is 1.87. The number of imidazole rings is 1. The van der Waals surface area contributed by atoms with Crippen molar-refractivity contribution >= 4 is 0 Å². The molecule has 0 aliphatic rings. The fraction of sp³-hybridized carbons (Fsp3) is 0.400. The van der Waals surface area contributed by atoms with E-state index in [1.54, 1.807) is 0 Å². The highest BCUT2D eigenvalue weighted by molar-refractivity contribution is 4.60. The Labute approximate surface area is 47.7 Å². The van der Waals surface area contributed by atoms with E-state index in [2.05, 4.69) is 0 Å². The Morgan fingerprint density at radius 1 is 1.50 bits per heavy atom. The summed E-state index contributed by atoms with van der Waals surface area (Å²) < 4.78 is 4.00. The van der Waals surface area contributed by atoms with E-state index in [0.717, 1.165) is 0 Å². The fourth-order valence-electron chi connectivity index (χ4n) is 0.575. The minimum atomic E-state index is 0. The summed E-state index contributed by atoms with van der Waals surface area (Å²) in [5.74, 6) is 0. The third-order valence-corrected chi connectivity index (χ3v) is 0.901. The van der Waals surface area contributed by atoms with Gasteiger partial charge in [-0.05, 0) is 0 Å². The highest BCUT2D eigenvalue weighted by atomic mass is 19.0. The summed E-state index contributed by atoms with van der Waals surface area (Å²) in [6, 6.07) is 0. The highest BCUT2D eigenvalue weighted by Crippen LogP contribution is 1.70. The smallest absolute Gasteiger partial charge is 0.243 e. The molecule has 0 aromatic carbocycles. The van der Waals surface area contributed by atoms with Crippen LogP contribution < -0.4 is 9.27 Å². The number of aryl methyl sites for hydroxylation is 2. The Kier molecular flexibility index (Phi) is 2.19. The quantitative estimate of drug-likeness (QED) is 0.317. The zero-order valence-electron chi connectivity index (χ0n) is 5.00. The first kappa shape index (κ1) is 7.14. The molecular formula is C5H9FN2. The Morgan fingerprint density at radius 3 is 2.25 bits per heavy atom. The molecule has 0 radical (unpaired) electrons. The van der Waals surface area contributed by atoms with Crippen LogP contribution in [-0.4, -0.2) is 4.57 Å². The lowest BCUT2D eigenvalue weighted by Gasteiger charge is -1.72. The predicted molar refractivity (Wildman–Crippen MR) is 26.6 cm³/mol. The monoisotopic (exact) mass is 116 g/mol. The van der Waals surface area contributed by atoms with Crippen molar-refractivity contribution in [3.63, 3.8) is 0 Å². The molecule has 0 aliphatic heterocycles. The maximum Gasteiger partial charge on any atom is 0.243 e. The van der Waals surface area contributed by atoms with Gasteiger partial charge in [-0.15, -0.1) is 0 Å². The van der Waals surface area contributed by atoms with E-state index in [4.69, 9.17) is 0 Å². The van der Waals surface area contributed by atoms with Gasteiger partial charge < -0.3 is 4.70 Å². The van der Waals surface area contributed by atoms with Crippen LogP contribution in [0.5, 0.6) is 0 Å². The van der Waals surface area contributed by atoms with Crippen molar-refractivity contribution < 1.29 is 9.27 Å². The van der Waals surface area contributed by atoms with E-state index in [-0.39, 0.29) is 4.70 Å². The summed E-state index contributed by atoms with van der Waals surface area (Å²) >= 11 is 0. The Hall–Kier alpha value is -0.860. The van der Waals surface area contributed by atoms with E-state index in [9.17, 15) is 0 Å². The molecule has 0 atom stereocenters. The molecule has 2 nitrogen and oxygen atoms in total.